The molecule has 0 bridgehead atoms. The fourth-order valence-electron chi connectivity index (χ4n) is 3.27. The molecule has 2 amide bonds. The van der Waals surface area contributed by atoms with Crippen LogP contribution in [0.3, 0.4) is 0 Å². The number of amides is 2. The third-order valence-corrected chi connectivity index (χ3v) is 4.31. The van der Waals surface area contributed by atoms with Gasteiger partial charge in [0, 0.05) is 44.5 Å². The Bertz CT molecular complexity index is 551. The SMILES string of the molecule is CC(=O)N[C@@H]1[C@@H](NC(=O)CCc2cnccn2)[C@H]2CCO[C@H]21. The van der Waals surface area contributed by atoms with E-state index in [2.05, 4.69) is 20.6 Å². The van der Waals surface area contributed by atoms with Crippen LogP contribution in [-0.4, -0.2) is 46.6 Å². The van der Waals surface area contributed by atoms with E-state index in [0.29, 0.717) is 25.4 Å². The van der Waals surface area contributed by atoms with E-state index >= 15 is 0 Å². The van der Waals surface area contributed by atoms with Crippen LogP contribution < -0.4 is 10.6 Å². The molecule has 22 heavy (non-hydrogen) atoms. The number of hydrogen-bond acceptors (Lipinski definition) is 5. The molecule has 2 heterocycles. The van der Waals surface area contributed by atoms with Gasteiger partial charge in [-0.2, -0.15) is 0 Å². The zero-order chi connectivity index (χ0) is 15.5. The van der Waals surface area contributed by atoms with Crippen molar-refractivity contribution in [2.45, 2.75) is 44.4 Å². The number of carbonyl (C=O) groups is 2. The molecule has 2 N–H and O–H groups in total. The molecule has 1 aliphatic carbocycles. The van der Waals surface area contributed by atoms with Gasteiger partial charge in [-0.3, -0.25) is 19.6 Å². The van der Waals surface area contributed by atoms with Gasteiger partial charge in [-0.25, -0.2) is 0 Å². The van der Waals surface area contributed by atoms with E-state index in [1.54, 1.807) is 18.6 Å². The summed E-state index contributed by atoms with van der Waals surface area (Å²) >= 11 is 0. The standard InChI is InChI=1S/C15H20N4O3/c1-9(20)18-14-13(11-4-7-22-15(11)14)19-12(21)3-2-10-8-16-5-6-17-10/h5-6,8,11,13-15H,2-4,7H2,1H3,(H,18,20)(H,19,21)/t11-,13+,14-,15-/m1/s1. The molecule has 0 radical (unpaired) electrons. The zero-order valence-corrected chi connectivity index (χ0v) is 12.5. The summed E-state index contributed by atoms with van der Waals surface area (Å²) in [7, 11) is 0. The van der Waals surface area contributed by atoms with Crippen molar-refractivity contribution in [1.29, 1.82) is 0 Å². The second kappa shape index (κ2) is 6.39. The highest BCUT2D eigenvalue weighted by molar-refractivity contribution is 5.77. The third kappa shape index (κ3) is 3.09. The highest BCUT2D eigenvalue weighted by Crippen LogP contribution is 2.39. The van der Waals surface area contributed by atoms with Crippen LogP contribution in [-0.2, 0) is 20.7 Å². The van der Waals surface area contributed by atoms with E-state index in [9.17, 15) is 9.59 Å². The Kier molecular flexibility index (Phi) is 4.33. The maximum atomic E-state index is 12.1. The molecule has 118 valence electrons. The van der Waals surface area contributed by atoms with Crippen molar-refractivity contribution < 1.29 is 14.3 Å². The highest BCUT2D eigenvalue weighted by atomic mass is 16.5. The molecule has 1 saturated heterocycles. The second-order valence-corrected chi connectivity index (χ2v) is 5.80. The van der Waals surface area contributed by atoms with Crippen LogP contribution in [0.5, 0.6) is 0 Å². The number of nitrogens with zero attached hydrogens (tertiary/aromatic N) is 2. The summed E-state index contributed by atoms with van der Waals surface area (Å²) in [6, 6.07) is -0.156. The molecule has 0 spiro atoms. The number of nitrogens with one attached hydrogen (secondary N) is 2. The summed E-state index contributed by atoms with van der Waals surface area (Å²) in [6.45, 7) is 2.17. The van der Waals surface area contributed by atoms with Crippen molar-refractivity contribution >= 4 is 11.8 Å². The molecule has 1 aliphatic heterocycles. The summed E-state index contributed by atoms with van der Waals surface area (Å²) in [5.74, 6) is 0.173. The van der Waals surface area contributed by atoms with E-state index in [1.165, 1.54) is 6.92 Å². The zero-order valence-electron chi connectivity index (χ0n) is 12.5. The quantitative estimate of drug-likeness (QED) is 0.787. The Morgan fingerprint density at radius 2 is 2.18 bits per heavy atom. The lowest BCUT2D eigenvalue weighted by molar-refractivity contribution is -0.130. The molecule has 3 rings (SSSR count). The van der Waals surface area contributed by atoms with Crippen molar-refractivity contribution in [1.82, 2.24) is 20.6 Å². The van der Waals surface area contributed by atoms with Gasteiger partial charge < -0.3 is 15.4 Å². The summed E-state index contributed by atoms with van der Waals surface area (Å²) in [5, 5.41) is 5.91. The summed E-state index contributed by atoms with van der Waals surface area (Å²) < 4.78 is 5.62. The Morgan fingerprint density at radius 1 is 1.32 bits per heavy atom. The van der Waals surface area contributed by atoms with E-state index in [1.807, 2.05) is 0 Å². The lowest BCUT2D eigenvalue weighted by atomic mass is 9.71. The maximum absolute atomic E-state index is 12.1. The normalized spacial score (nSPS) is 29.3. The lowest BCUT2D eigenvalue weighted by Crippen LogP contribution is -2.70. The minimum atomic E-state index is -0.120. The molecular weight excluding hydrogens is 284 g/mol. The number of carbonyl (C=O) groups excluding carboxylic acids is 2. The third-order valence-electron chi connectivity index (χ3n) is 4.31. The largest absolute Gasteiger partial charge is 0.376 e. The molecule has 2 aliphatic rings. The van der Waals surface area contributed by atoms with Crippen LogP contribution in [0.4, 0.5) is 0 Å². The predicted octanol–water partition coefficient (Wildman–Crippen LogP) is -0.183. The first-order valence-corrected chi connectivity index (χ1v) is 7.58. The van der Waals surface area contributed by atoms with Gasteiger partial charge in [0.05, 0.1) is 23.9 Å². The minimum absolute atomic E-state index is 0.0312. The molecule has 0 unspecified atom stereocenters. The number of fused-ring (bicyclic) bond motifs is 1. The minimum Gasteiger partial charge on any atom is -0.376 e. The topological polar surface area (TPSA) is 93.2 Å². The van der Waals surface area contributed by atoms with E-state index < -0.39 is 0 Å². The Labute approximate surface area is 128 Å². The fourth-order valence-corrected chi connectivity index (χ4v) is 3.27. The van der Waals surface area contributed by atoms with E-state index in [-0.39, 0.29) is 30.0 Å². The molecular formula is C15H20N4O3. The molecule has 7 nitrogen and oxygen atoms in total. The van der Waals surface area contributed by atoms with Crippen LogP contribution in [0, 0.1) is 5.92 Å². The molecule has 2 fully saturated rings. The van der Waals surface area contributed by atoms with Gasteiger partial charge in [-0.15, -0.1) is 0 Å². The molecule has 7 heteroatoms. The van der Waals surface area contributed by atoms with Crippen LogP contribution >= 0.6 is 0 Å². The van der Waals surface area contributed by atoms with Gasteiger partial charge >= 0.3 is 0 Å². The Balaban J connectivity index is 1.52. The number of aryl methyl sites for hydroxylation is 1. The summed E-state index contributed by atoms with van der Waals surface area (Å²) in [5.41, 5.74) is 0.798. The first-order valence-electron chi connectivity index (χ1n) is 7.58. The van der Waals surface area contributed by atoms with Gasteiger partial charge in [-0.1, -0.05) is 0 Å². The van der Waals surface area contributed by atoms with Crippen molar-refractivity contribution in [3.05, 3.63) is 24.3 Å². The summed E-state index contributed by atoms with van der Waals surface area (Å²) in [6.07, 6.45) is 6.77. The summed E-state index contributed by atoms with van der Waals surface area (Å²) in [4.78, 5) is 31.5. The van der Waals surface area contributed by atoms with E-state index in [4.69, 9.17) is 4.74 Å². The van der Waals surface area contributed by atoms with Crippen molar-refractivity contribution in [3.8, 4) is 0 Å². The first-order chi connectivity index (χ1) is 10.6. The number of hydrogen-bond donors (Lipinski definition) is 2. The Morgan fingerprint density at radius 3 is 2.91 bits per heavy atom. The van der Waals surface area contributed by atoms with Gasteiger partial charge in [0.1, 0.15) is 0 Å². The lowest BCUT2D eigenvalue weighted by Gasteiger charge is -2.47. The Hall–Kier alpha value is -2.02. The second-order valence-electron chi connectivity index (χ2n) is 5.80. The van der Waals surface area contributed by atoms with Crippen LogP contribution in [0.1, 0.15) is 25.5 Å². The van der Waals surface area contributed by atoms with Gasteiger partial charge in [0.25, 0.3) is 0 Å². The monoisotopic (exact) mass is 304 g/mol. The molecule has 1 saturated carbocycles. The smallest absolute Gasteiger partial charge is 0.220 e. The molecule has 0 aromatic carbocycles. The fraction of sp³-hybridized carbons (Fsp3) is 0.600. The number of rotatable bonds is 5. The van der Waals surface area contributed by atoms with Crippen molar-refractivity contribution in [2.24, 2.45) is 5.92 Å². The van der Waals surface area contributed by atoms with Gasteiger partial charge in [-0.05, 0) is 12.8 Å². The van der Waals surface area contributed by atoms with Crippen molar-refractivity contribution in [3.63, 3.8) is 0 Å². The van der Waals surface area contributed by atoms with Crippen LogP contribution in [0.15, 0.2) is 18.6 Å². The molecule has 1 aromatic heterocycles. The average molecular weight is 304 g/mol. The van der Waals surface area contributed by atoms with Gasteiger partial charge in [0.15, 0.2) is 0 Å². The maximum Gasteiger partial charge on any atom is 0.220 e. The van der Waals surface area contributed by atoms with Crippen LogP contribution in [0.25, 0.3) is 0 Å². The predicted molar refractivity (Wildman–Crippen MR) is 77.7 cm³/mol. The van der Waals surface area contributed by atoms with E-state index in [0.717, 1.165) is 12.1 Å². The first kappa shape index (κ1) is 14.9. The molecule has 1 aromatic rings. The average Bonchev–Trinajstić information content (AvgIpc) is 2.94. The van der Waals surface area contributed by atoms with Crippen LogP contribution in [0.2, 0.25) is 0 Å². The van der Waals surface area contributed by atoms with Gasteiger partial charge in [0.2, 0.25) is 11.8 Å². The van der Waals surface area contributed by atoms with Crippen molar-refractivity contribution in [2.75, 3.05) is 6.61 Å². The number of ether oxygens (including phenoxy) is 1. The highest BCUT2D eigenvalue weighted by Gasteiger charge is 2.54. The number of aromatic nitrogens is 2. The molecule has 4 atom stereocenters.